The van der Waals surface area contributed by atoms with Crippen molar-refractivity contribution in [3.63, 3.8) is 0 Å². The quantitative estimate of drug-likeness (QED) is 0.869. The minimum Gasteiger partial charge on any atom is -0.369 e. The summed E-state index contributed by atoms with van der Waals surface area (Å²) in [5, 5.41) is 3.24. The topological polar surface area (TPSA) is 41.1 Å². The molecular weight excluding hydrogens is 224 g/mol. The van der Waals surface area contributed by atoms with E-state index in [9.17, 15) is 0 Å². The van der Waals surface area contributed by atoms with Crippen LogP contribution < -0.4 is 5.32 Å². The van der Waals surface area contributed by atoms with E-state index < -0.39 is 0 Å². The fraction of sp³-hybridized carbons (Fsp3) is 0.714. The highest BCUT2D eigenvalue weighted by Gasteiger charge is 2.26. The molecule has 2 heterocycles. The number of rotatable bonds is 5. The second kappa shape index (κ2) is 6.14. The van der Waals surface area contributed by atoms with E-state index >= 15 is 0 Å². The maximum Gasteiger partial charge on any atom is 0.144 e. The van der Waals surface area contributed by atoms with Gasteiger partial charge in [-0.2, -0.15) is 0 Å². The molecule has 0 aromatic carbocycles. The molecule has 1 aromatic heterocycles. The lowest BCUT2D eigenvalue weighted by molar-refractivity contribution is 0.253. The number of hydrogen-bond donors (Lipinski definition) is 1. The predicted octanol–water partition coefficient (Wildman–Crippen LogP) is 2.53. The van der Waals surface area contributed by atoms with E-state index in [4.69, 9.17) is 0 Å². The van der Waals surface area contributed by atoms with Gasteiger partial charge in [0.15, 0.2) is 0 Å². The molecule has 1 aliphatic rings. The Morgan fingerprint density at radius 2 is 2.17 bits per heavy atom. The average molecular weight is 248 g/mol. The van der Waals surface area contributed by atoms with Gasteiger partial charge in [0.1, 0.15) is 5.82 Å². The summed E-state index contributed by atoms with van der Waals surface area (Å²) in [4.78, 5) is 11.4. The third-order valence-electron chi connectivity index (χ3n) is 3.54. The Morgan fingerprint density at radius 3 is 2.72 bits per heavy atom. The molecule has 1 N–H and O–H groups in total. The van der Waals surface area contributed by atoms with E-state index in [1.165, 1.54) is 13.0 Å². The van der Waals surface area contributed by atoms with Crippen LogP contribution in [-0.2, 0) is 6.54 Å². The van der Waals surface area contributed by atoms with Crippen LogP contribution in [0.15, 0.2) is 12.4 Å². The molecule has 4 nitrogen and oxygen atoms in total. The van der Waals surface area contributed by atoms with Crippen molar-refractivity contribution in [1.29, 1.82) is 0 Å². The molecule has 1 fully saturated rings. The molecule has 0 spiro atoms. The van der Waals surface area contributed by atoms with Crippen LogP contribution in [0.4, 0.5) is 5.82 Å². The zero-order valence-electron chi connectivity index (χ0n) is 11.7. The van der Waals surface area contributed by atoms with Gasteiger partial charge in [-0.15, -0.1) is 0 Å². The van der Waals surface area contributed by atoms with E-state index in [1.807, 2.05) is 12.4 Å². The Hall–Kier alpha value is -1.16. The number of aromatic nitrogens is 2. The number of anilines is 1. The van der Waals surface area contributed by atoms with Gasteiger partial charge in [-0.1, -0.05) is 13.8 Å². The summed E-state index contributed by atoms with van der Waals surface area (Å²) in [6.07, 6.45) is 6.14. The standard InChI is InChI=1S/C14H24N4/c1-4-5-15-14-8-16-13(7-17-14)10-18-9-11(2)6-12(18)3/h7-8,11-12H,4-6,9-10H2,1-3H3,(H,15,17). The van der Waals surface area contributed by atoms with Crippen LogP contribution in [0.3, 0.4) is 0 Å². The molecule has 18 heavy (non-hydrogen) atoms. The van der Waals surface area contributed by atoms with Crippen LogP contribution in [0.5, 0.6) is 0 Å². The number of likely N-dealkylation sites (tertiary alicyclic amines) is 1. The largest absolute Gasteiger partial charge is 0.369 e. The fourth-order valence-corrected chi connectivity index (χ4v) is 2.60. The van der Waals surface area contributed by atoms with Crippen molar-refractivity contribution >= 4 is 5.82 Å². The molecule has 0 saturated carbocycles. The van der Waals surface area contributed by atoms with E-state index in [0.29, 0.717) is 6.04 Å². The number of nitrogens with zero attached hydrogens (tertiary/aromatic N) is 3. The number of nitrogens with one attached hydrogen (secondary N) is 1. The van der Waals surface area contributed by atoms with Gasteiger partial charge in [0, 0.05) is 25.7 Å². The lowest BCUT2D eigenvalue weighted by Crippen LogP contribution is -2.27. The first-order valence-electron chi connectivity index (χ1n) is 6.98. The van der Waals surface area contributed by atoms with Crippen LogP contribution in [-0.4, -0.2) is 34.0 Å². The minimum absolute atomic E-state index is 0.666. The van der Waals surface area contributed by atoms with Crippen LogP contribution in [0.2, 0.25) is 0 Å². The summed E-state index contributed by atoms with van der Waals surface area (Å²) >= 11 is 0. The van der Waals surface area contributed by atoms with Gasteiger partial charge in [0.2, 0.25) is 0 Å². The van der Waals surface area contributed by atoms with E-state index in [-0.39, 0.29) is 0 Å². The highest BCUT2D eigenvalue weighted by atomic mass is 15.2. The summed E-state index contributed by atoms with van der Waals surface area (Å²) in [5.41, 5.74) is 1.07. The summed E-state index contributed by atoms with van der Waals surface area (Å²) in [6, 6.07) is 0.666. The first kappa shape index (κ1) is 13.3. The summed E-state index contributed by atoms with van der Waals surface area (Å²) in [6.45, 7) is 9.82. The van der Waals surface area contributed by atoms with E-state index in [1.54, 1.807) is 0 Å². The maximum atomic E-state index is 4.49. The van der Waals surface area contributed by atoms with Crippen LogP contribution >= 0.6 is 0 Å². The molecule has 0 amide bonds. The van der Waals surface area contributed by atoms with Crippen molar-refractivity contribution in [2.75, 3.05) is 18.4 Å². The van der Waals surface area contributed by atoms with Gasteiger partial charge in [-0.3, -0.25) is 9.88 Å². The van der Waals surface area contributed by atoms with Crippen LogP contribution in [0.25, 0.3) is 0 Å². The summed E-state index contributed by atoms with van der Waals surface area (Å²) < 4.78 is 0. The summed E-state index contributed by atoms with van der Waals surface area (Å²) in [5.74, 6) is 1.68. The van der Waals surface area contributed by atoms with E-state index in [2.05, 4.69) is 41.0 Å². The fourth-order valence-electron chi connectivity index (χ4n) is 2.60. The Labute approximate surface area is 110 Å². The molecular formula is C14H24N4. The Morgan fingerprint density at radius 1 is 1.33 bits per heavy atom. The maximum absolute atomic E-state index is 4.49. The van der Waals surface area contributed by atoms with Crippen molar-refractivity contribution in [3.8, 4) is 0 Å². The second-order valence-electron chi connectivity index (χ2n) is 5.44. The molecule has 0 radical (unpaired) electrons. The SMILES string of the molecule is CCCNc1cnc(CN2CC(C)CC2C)cn1. The Balaban J connectivity index is 1.90. The van der Waals surface area contributed by atoms with Gasteiger partial charge in [0.05, 0.1) is 18.1 Å². The molecule has 2 unspecified atom stereocenters. The van der Waals surface area contributed by atoms with Crippen molar-refractivity contribution in [1.82, 2.24) is 14.9 Å². The van der Waals surface area contributed by atoms with Crippen molar-refractivity contribution in [2.24, 2.45) is 5.92 Å². The zero-order chi connectivity index (χ0) is 13.0. The third kappa shape index (κ3) is 3.42. The molecule has 1 aliphatic heterocycles. The summed E-state index contributed by atoms with van der Waals surface area (Å²) in [7, 11) is 0. The first-order chi connectivity index (χ1) is 8.69. The Bertz CT molecular complexity index is 363. The van der Waals surface area contributed by atoms with Crippen molar-refractivity contribution < 1.29 is 0 Å². The number of hydrogen-bond acceptors (Lipinski definition) is 4. The van der Waals surface area contributed by atoms with E-state index in [0.717, 1.165) is 36.9 Å². The smallest absolute Gasteiger partial charge is 0.144 e. The van der Waals surface area contributed by atoms with Crippen molar-refractivity contribution in [3.05, 3.63) is 18.1 Å². The van der Waals surface area contributed by atoms with Crippen LogP contribution in [0.1, 0.15) is 39.3 Å². The zero-order valence-corrected chi connectivity index (χ0v) is 11.7. The molecule has 1 aromatic rings. The molecule has 0 bridgehead atoms. The van der Waals surface area contributed by atoms with Gasteiger partial charge >= 0.3 is 0 Å². The van der Waals surface area contributed by atoms with Gasteiger partial charge < -0.3 is 5.32 Å². The molecule has 100 valence electrons. The first-order valence-corrected chi connectivity index (χ1v) is 6.98. The minimum atomic E-state index is 0.666. The highest BCUT2D eigenvalue weighted by Crippen LogP contribution is 2.23. The van der Waals surface area contributed by atoms with Crippen LogP contribution in [0, 0.1) is 5.92 Å². The molecule has 2 atom stereocenters. The second-order valence-corrected chi connectivity index (χ2v) is 5.44. The van der Waals surface area contributed by atoms with Crippen molar-refractivity contribution in [2.45, 2.75) is 46.2 Å². The lowest BCUT2D eigenvalue weighted by atomic mass is 10.1. The van der Waals surface area contributed by atoms with Gasteiger partial charge in [0.25, 0.3) is 0 Å². The molecule has 2 rings (SSSR count). The highest BCUT2D eigenvalue weighted by molar-refractivity contribution is 5.30. The predicted molar refractivity (Wildman–Crippen MR) is 74.5 cm³/mol. The van der Waals surface area contributed by atoms with Gasteiger partial charge in [-0.25, -0.2) is 4.98 Å². The normalized spacial score (nSPS) is 24.4. The lowest BCUT2D eigenvalue weighted by Gasteiger charge is -2.20. The monoisotopic (exact) mass is 248 g/mol. The average Bonchev–Trinajstić information content (AvgIpc) is 2.67. The van der Waals surface area contributed by atoms with Gasteiger partial charge in [-0.05, 0) is 25.7 Å². The molecule has 0 aliphatic carbocycles. The third-order valence-corrected chi connectivity index (χ3v) is 3.54. The Kier molecular flexibility index (Phi) is 4.53. The molecule has 1 saturated heterocycles. The molecule has 4 heteroatoms.